The van der Waals surface area contributed by atoms with Crippen molar-refractivity contribution in [1.29, 1.82) is 0 Å². The third-order valence-electron chi connectivity index (χ3n) is 6.64. The number of primary amides is 1. The maximum atomic E-state index is 12.8. The van der Waals surface area contributed by atoms with Crippen molar-refractivity contribution in [2.45, 2.75) is 44.6 Å². The van der Waals surface area contributed by atoms with E-state index in [1.165, 1.54) is 6.42 Å². The van der Waals surface area contributed by atoms with Crippen molar-refractivity contribution in [2.75, 3.05) is 0 Å². The normalized spacial score (nSPS) is 36.5. The van der Waals surface area contributed by atoms with Gasteiger partial charge in [0.2, 0.25) is 5.91 Å². The fraction of sp³-hybridized carbons (Fsp3) is 0.579. The Labute approximate surface area is 141 Å². The van der Waals surface area contributed by atoms with Gasteiger partial charge in [0.25, 0.3) is 5.91 Å². The summed E-state index contributed by atoms with van der Waals surface area (Å²) in [5.74, 6) is 0.746. The average molecular weight is 328 g/mol. The lowest BCUT2D eigenvalue weighted by atomic mass is 9.48. The van der Waals surface area contributed by atoms with Crippen LogP contribution in [0.4, 0.5) is 0 Å². The van der Waals surface area contributed by atoms with E-state index in [0.29, 0.717) is 17.4 Å². The molecule has 5 rings (SSSR count). The summed E-state index contributed by atoms with van der Waals surface area (Å²) in [6, 6.07) is 5.07. The quantitative estimate of drug-likeness (QED) is 0.793. The van der Waals surface area contributed by atoms with E-state index in [2.05, 4.69) is 5.32 Å². The molecule has 0 saturated heterocycles. The van der Waals surface area contributed by atoms with Gasteiger partial charge in [-0.25, -0.2) is 0 Å². The van der Waals surface area contributed by atoms with Crippen LogP contribution < -0.4 is 11.1 Å². The lowest BCUT2D eigenvalue weighted by Gasteiger charge is -2.59. The number of para-hydroxylation sites is 1. The maximum Gasteiger partial charge on any atom is 0.255 e. The van der Waals surface area contributed by atoms with Crippen LogP contribution in [0.1, 0.15) is 48.0 Å². The molecule has 1 aromatic rings. The van der Waals surface area contributed by atoms with Gasteiger partial charge in [0.1, 0.15) is 11.3 Å². The molecular weight excluding hydrogens is 304 g/mol. The Hall–Kier alpha value is -2.04. The maximum absolute atomic E-state index is 12.8. The molecule has 0 spiro atoms. The predicted molar refractivity (Wildman–Crippen MR) is 89.3 cm³/mol. The average Bonchev–Trinajstić information content (AvgIpc) is 2.52. The highest BCUT2D eigenvalue weighted by molar-refractivity contribution is 6.01. The van der Waals surface area contributed by atoms with E-state index in [4.69, 9.17) is 5.73 Å². The third kappa shape index (κ3) is 2.06. The zero-order valence-corrected chi connectivity index (χ0v) is 13.9. The number of aryl methyl sites for hydroxylation is 1. The number of hydrogen-bond donors (Lipinski definition) is 3. The van der Waals surface area contributed by atoms with Gasteiger partial charge in [-0.2, -0.15) is 0 Å². The van der Waals surface area contributed by atoms with Crippen molar-refractivity contribution in [3.63, 3.8) is 0 Å². The molecule has 0 atom stereocenters. The van der Waals surface area contributed by atoms with Gasteiger partial charge < -0.3 is 16.2 Å². The van der Waals surface area contributed by atoms with Crippen LogP contribution >= 0.6 is 0 Å². The van der Waals surface area contributed by atoms with Crippen LogP contribution in [0.5, 0.6) is 5.75 Å². The number of hydrogen-bond acceptors (Lipinski definition) is 3. The van der Waals surface area contributed by atoms with E-state index in [1.54, 1.807) is 25.1 Å². The second-order valence-corrected chi connectivity index (χ2v) is 7.96. The Kier molecular flexibility index (Phi) is 3.37. The molecule has 5 heteroatoms. The van der Waals surface area contributed by atoms with Crippen molar-refractivity contribution in [2.24, 2.45) is 29.4 Å². The number of phenolic OH excluding ortho intramolecular Hbond substituents is 1. The SMILES string of the molecule is Cc1cccc(C(=O)NC2(C(N)=O)C3CC4CC(C3)CC2C4)c1O. The van der Waals surface area contributed by atoms with Gasteiger partial charge >= 0.3 is 0 Å². The molecule has 0 aliphatic heterocycles. The largest absolute Gasteiger partial charge is 0.507 e. The van der Waals surface area contributed by atoms with Crippen LogP contribution in [0.3, 0.4) is 0 Å². The minimum atomic E-state index is -0.958. The number of nitrogens with one attached hydrogen (secondary N) is 1. The summed E-state index contributed by atoms with van der Waals surface area (Å²) in [7, 11) is 0. The topological polar surface area (TPSA) is 92.4 Å². The van der Waals surface area contributed by atoms with E-state index in [1.807, 2.05) is 0 Å². The summed E-state index contributed by atoms with van der Waals surface area (Å²) in [6.07, 6.45) is 5.13. The Morgan fingerprint density at radius 2 is 1.71 bits per heavy atom. The first-order valence-corrected chi connectivity index (χ1v) is 8.82. The Morgan fingerprint density at radius 1 is 1.12 bits per heavy atom. The minimum absolute atomic E-state index is 0.0292. The molecule has 4 bridgehead atoms. The van der Waals surface area contributed by atoms with E-state index in [-0.39, 0.29) is 23.1 Å². The summed E-state index contributed by atoms with van der Waals surface area (Å²) in [5.41, 5.74) is 5.73. The zero-order chi connectivity index (χ0) is 17.1. The van der Waals surface area contributed by atoms with E-state index in [9.17, 15) is 14.7 Å². The molecule has 4 aliphatic rings. The molecule has 1 aromatic carbocycles. The number of aromatic hydroxyl groups is 1. The first-order valence-electron chi connectivity index (χ1n) is 8.82. The Balaban J connectivity index is 1.69. The van der Waals surface area contributed by atoms with Gasteiger partial charge in [0.05, 0.1) is 5.56 Å². The standard InChI is InChI=1S/C19H24N2O3/c1-10-3-2-4-15(16(10)22)17(23)21-19(18(20)24)13-6-11-5-12(8-13)9-14(19)7-11/h2-4,11-14,22H,5-9H2,1H3,(H2,20,24)(H,21,23). The van der Waals surface area contributed by atoms with Crippen LogP contribution in [-0.4, -0.2) is 22.5 Å². The lowest BCUT2D eigenvalue weighted by Crippen LogP contribution is -2.71. The summed E-state index contributed by atoms with van der Waals surface area (Å²) >= 11 is 0. The molecule has 24 heavy (non-hydrogen) atoms. The molecule has 4 saturated carbocycles. The molecule has 2 amide bonds. The van der Waals surface area contributed by atoms with Gasteiger partial charge in [-0.05, 0) is 74.3 Å². The Morgan fingerprint density at radius 3 is 2.25 bits per heavy atom. The molecular formula is C19H24N2O3. The van der Waals surface area contributed by atoms with E-state index < -0.39 is 17.4 Å². The molecule has 0 heterocycles. The predicted octanol–water partition coefficient (Wildman–Crippen LogP) is 2.11. The van der Waals surface area contributed by atoms with Crippen molar-refractivity contribution in [3.8, 4) is 5.75 Å². The van der Waals surface area contributed by atoms with E-state index >= 15 is 0 Å². The highest BCUT2D eigenvalue weighted by atomic mass is 16.3. The molecule has 0 aromatic heterocycles. The highest BCUT2D eigenvalue weighted by Crippen LogP contribution is 2.58. The van der Waals surface area contributed by atoms with Gasteiger partial charge in [0, 0.05) is 0 Å². The molecule has 4 fully saturated rings. The molecule has 5 nitrogen and oxygen atoms in total. The number of carbonyl (C=O) groups excluding carboxylic acids is 2. The Bertz CT molecular complexity index is 685. The fourth-order valence-electron chi connectivity index (χ4n) is 5.69. The van der Waals surface area contributed by atoms with Crippen LogP contribution in [-0.2, 0) is 4.79 Å². The zero-order valence-electron chi connectivity index (χ0n) is 13.9. The fourth-order valence-corrected chi connectivity index (χ4v) is 5.69. The van der Waals surface area contributed by atoms with Gasteiger partial charge in [-0.3, -0.25) is 9.59 Å². The summed E-state index contributed by atoms with van der Waals surface area (Å²) in [5, 5.41) is 13.2. The van der Waals surface area contributed by atoms with Gasteiger partial charge in [0.15, 0.2) is 0 Å². The number of rotatable bonds is 3. The smallest absolute Gasteiger partial charge is 0.255 e. The van der Waals surface area contributed by atoms with Crippen molar-refractivity contribution < 1.29 is 14.7 Å². The summed E-state index contributed by atoms with van der Waals surface area (Å²) < 4.78 is 0. The molecule has 4 N–H and O–H groups in total. The first-order chi connectivity index (χ1) is 11.4. The van der Waals surface area contributed by atoms with Crippen LogP contribution in [0, 0.1) is 30.6 Å². The van der Waals surface area contributed by atoms with Crippen molar-refractivity contribution in [1.82, 2.24) is 5.32 Å². The number of amides is 2. The van der Waals surface area contributed by atoms with Crippen LogP contribution in [0.15, 0.2) is 18.2 Å². The number of carbonyl (C=O) groups is 2. The minimum Gasteiger partial charge on any atom is -0.507 e. The monoisotopic (exact) mass is 328 g/mol. The molecule has 0 radical (unpaired) electrons. The third-order valence-corrected chi connectivity index (χ3v) is 6.64. The first kappa shape index (κ1) is 15.5. The van der Waals surface area contributed by atoms with Crippen molar-refractivity contribution in [3.05, 3.63) is 29.3 Å². The summed E-state index contributed by atoms with van der Waals surface area (Å²) in [4.78, 5) is 25.3. The highest BCUT2D eigenvalue weighted by Gasteiger charge is 2.61. The van der Waals surface area contributed by atoms with E-state index in [0.717, 1.165) is 25.7 Å². The molecule has 0 unspecified atom stereocenters. The van der Waals surface area contributed by atoms with Gasteiger partial charge in [-0.15, -0.1) is 0 Å². The second kappa shape index (κ2) is 5.23. The van der Waals surface area contributed by atoms with Crippen molar-refractivity contribution >= 4 is 11.8 Å². The van der Waals surface area contributed by atoms with Crippen LogP contribution in [0.2, 0.25) is 0 Å². The molecule has 4 aliphatic carbocycles. The number of benzene rings is 1. The lowest BCUT2D eigenvalue weighted by molar-refractivity contribution is -0.142. The number of nitrogens with two attached hydrogens (primary N) is 1. The van der Waals surface area contributed by atoms with Crippen LogP contribution in [0.25, 0.3) is 0 Å². The van der Waals surface area contributed by atoms with Gasteiger partial charge in [-0.1, -0.05) is 12.1 Å². The second-order valence-electron chi connectivity index (χ2n) is 7.96. The molecule has 128 valence electrons. The summed E-state index contributed by atoms with van der Waals surface area (Å²) in [6.45, 7) is 1.75. The number of phenols is 1.